The van der Waals surface area contributed by atoms with Crippen molar-refractivity contribution in [2.24, 2.45) is 0 Å². The fourth-order valence-corrected chi connectivity index (χ4v) is 5.31. The second-order valence-corrected chi connectivity index (χ2v) is 9.90. The van der Waals surface area contributed by atoms with Gasteiger partial charge in [-0.25, -0.2) is 9.80 Å². The van der Waals surface area contributed by atoms with E-state index in [0.717, 1.165) is 11.1 Å². The molecule has 2 heterocycles. The highest BCUT2D eigenvalue weighted by Crippen LogP contribution is 2.30. The lowest BCUT2D eigenvalue weighted by Crippen LogP contribution is -2.76. The van der Waals surface area contributed by atoms with Gasteiger partial charge in [0.15, 0.2) is 0 Å². The van der Waals surface area contributed by atoms with Gasteiger partial charge in [-0.15, -0.1) is 6.42 Å². The van der Waals surface area contributed by atoms with Gasteiger partial charge in [-0.2, -0.15) is 5.01 Å². The van der Waals surface area contributed by atoms with E-state index in [4.69, 9.17) is 29.6 Å². The van der Waals surface area contributed by atoms with E-state index in [-0.39, 0.29) is 38.0 Å². The number of terminal acetylenes is 1. The van der Waals surface area contributed by atoms with Gasteiger partial charge >= 0.3 is 6.03 Å². The minimum atomic E-state index is -0.717. The maximum atomic E-state index is 13.6. The van der Waals surface area contributed by atoms with Gasteiger partial charge in [0.2, 0.25) is 11.8 Å². The van der Waals surface area contributed by atoms with E-state index in [1.165, 1.54) is 5.01 Å². The number of hydrogen-bond acceptors (Lipinski definition) is 4. The van der Waals surface area contributed by atoms with Crippen molar-refractivity contribution in [1.82, 2.24) is 25.1 Å². The lowest BCUT2D eigenvalue weighted by atomic mass is 10.0. The first-order chi connectivity index (χ1) is 17.8. The van der Waals surface area contributed by atoms with Gasteiger partial charge in [0.25, 0.3) is 0 Å². The number of nitrogens with zero attached hydrogens (tertiary/aromatic N) is 4. The first-order valence-corrected chi connectivity index (χ1v) is 12.9. The molecular formula is C27H29Cl2N5O3. The van der Waals surface area contributed by atoms with E-state index < -0.39 is 18.2 Å². The van der Waals surface area contributed by atoms with Gasteiger partial charge in [-0.3, -0.25) is 9.59 Å². The number of carbonyl (C=O) groups is 3. The molecule has 1 unspecified atom stereocenters. The monoisotopic (exact) mass is 541 g/mol. The minimum Gasteiger partial charge on any atom is -0.333 e. The fourth-order valence-electron chi connectivity index (χ4n) is 4.84. The molecule has 0 bridgehead atoms. The van der Waals surface area contributed by atoms with Crippen LogP contribution in [-0.4, -0.2) is 69.5 Å². The van der Waals surface area contributed by atoms with E-state index in [9.17, 15) is 14.4 Å². The van der Waals surface area contributed by atoms with Crippen LogP contribution in [0.15, 0.2) is 48.5 Å². The normalized spacial score (nSPS) is 20.0. The molecule has 194 valence electrons. The van der Waals surface area contributed by atoms with E-state index in [1.54, 1.807) is 33.0 Å². The Bertz CT molecular complexity index is 1200. The van der Waals surface area contributed by atoms with E-state index in [1.807, 2.05) is 37.3 Å². The number of hydrazine groups is 1. The number of urea groups is 1. The average molecular weight is 542 g/mol. The minimum absolute atomic E-state index is 0.0737. The summed E-state index contributed by atoms with van der Waals surface area (Å²) in [6.07, 6.45) is 6.04. The number of amides is 4. The number of nitrogens with one attached hydrogen (secondary N) is 1. The number of carbonyl (C=O) groups excluding carboxylic acids is 3. The molecule has 0 saturated carbocycles. The largest absolute Gasteiger partial charge is 0.334 e. The Kier molecular flexibility index (Phi) is 8.59. The first-order valence-electron chi connectivity index (χ1n) is 12.2. The quantitative estimate of drug-likeness (QED) is 0.542. The number of benzene rings is 2. The van der Waals surface area contributed by atoms with Crippen LogP contribution in [0.25, 0.3) is 0 Å². The number of rotatable bonds is 7. The van der Waals surface area contributed by atoms with Crippen LogP contribution >= 0.6 is 23.2 Å². The maximum absolute atomic E-state index is 13.6. The molecule has 4 rings (SSSR count). The van der Waals surface area contributed by atoms with Gasteiger partial charge in [-0.05, 0) is 29.7 Å². The van der Waals surface area contributed by atoms with Crippen LogP contribution in [0.1, 0.15) is 30.9 Å². The second-order valence-electron chi connectivity index (χ2n) is 9.06. The SMILES string of the molecule is C#CCN1CC(=O)N2C(CN(Cc3ccc(Cl)cc3Cl)C(=O)[C@@H]2CCC)N1C(=O)NCc1ccccc1. The van der Waals surface area contributed by atoms with Crippen LogP contribution in [0, 0.1) is 12.3 Å². The van der Waals surface area contributed by atoms with Crippen molar-refractivity contribution in [1.29, 1.82) is 0 Å². The fraction of sp³-hybridized carbons (Fsp3) is 0.370. The molecule has 0 aromatic heterocycles. The highest BCUT2D eigenvalue weighted by molar-refractivity contribution is 6.35. The number of fused-ring (bicyclic) bond motifs is 1. The molecule has 37 heavy (non-hydrogen) atoms. The Labute approximate surface area is 227 Å². The average Bonchev–Trinajstić information content (AvgIpc) is 2.87. The Morgan fingerprint density at radius 3 is 2.59 bits per heavy atom. The number of halogens is 2. The van der Waals surface area contributed by atoms with Gasteiger partial charge in [0.1, 0.15) is 12.2 Å². The van der Waals surface area contributed by atoms with Crippen LogP contribution in [0.3, 0.4) is 0 Å². The number of piperazine rings is 1. The summed E-state index contributed by atoms with van der Waals surface area (Å²) in [5.74, 6) is 2.14. The molecule has 0 spiro atoms. The zero-order chi connectivity index (χ0) is 26.5. The molecule has 1 N–H and O–H groups in total. The van der Waals surface area contributed by atoms with Crippen LogP contribution in [0.5, 0.6) is 0 Å². The molecule has 2 aliphatic rings. The van der Waals surface area contributed by atoms with Crippen molar-refractivity contribution in [2.45, 2.75) is 45.1 Å². The third-order valence-electron chi connectivity index (χ3n) is 6.54. The highest BCUT2D eigenvalue weighted by atomic mass is 35.5. The Morgan fingerprint density at radius 1 is 1.16 bits per heavy atom. The molecule has 10 heteroatoms. The van der Waals surface area contributed by atoms with Gasteiger partial charge in [-0.1, -0.05) is 78.9 Å². The van der Waals surface area contributed by atoms with Crippen LogP contribution in [0.2, 0.25) is 10.0 Å². The third kappa shape index (κ3) is 5.85. The zero-order valence-corrected chi connectivity index (χ0v) is 22.1. The van der Waals surface area contributed by atoms with Crippen LogP contribution in [0.4, 0.5) is 4.79 Å². The Balaban J connectivity index is 1.65. The second kappa shape index (κ2) is 11.9. The van der Waals surface area contributed by atoms with Gasteiger partial charge < -0.3 is 15.1 Å². The standard InChI is InChI=1S/C27H29Cl2N5O3/c1-3-8-23-26(36)31(16-20-11-12-21(28)14-22(20)29)17-24-33(23)25(35)18-32(13-4-2)34(24)27(37)30-15-19-9-6-5-7-10-19/h2,5-7,9-12,14,23-24H,3,8,13,15-18H2,1H3,(H,30,37)/t23-,24?/m0/s1. The maximum Gasteiger partial charge on any atom is 0.334 e. The predicted octanol–water partition coefficient (Wildman–Crippen LogP) is 3.73. The van der Waals surface area contributed by atoms with Crippen LogP contribution < -0.4 is 5.32 Å². The first kappa shape index (κ1) is 26.8. The van der Waals surface area contributed by atoms with E-state index >= 15 is 0 Å². The van der Waals surface area contributed by atoms with Crippen molar-refractivity contribution in [3.63, 3.8) is 0 Å². The summed E-state index contributed by atoms with van der Waals surface area (Å²) in [6.45, 7) is 2.59. The number of hydrogen-bond donors (Lipinski definition) is 1. The third-order valence-corrected chi connectivity index (χ3v) is 7.12. The van der Waals surface area contributed by atoms with Gasteiger partial charge in [0, 0.05) is 23.1 Å². The molecule has 0 radical (unpaired) electrons. The van der Waals surface area contributed by atoms with Crippen molar-refractivity contribution in [2.75, 3.05) is 19.6 Å². The highest BCUT2D eigenvalue weighted by Gasteiger charge is 2.51. The zero-order valence-electron chi connectivity index (χ0n) is 20.6. The molecule has 4 amide bonds. The summed E-state index contributed by atoms with van der Waals surface area (Å²) in [5, 5.41) is 6.95. The summed E-state index contributed by atoms with van der Waals surface area (Å²) in [7, 11) is 0. The summed E-state index contributed by atoms with van der Waals surface area (Å²) in [6, 6.07) is 13.6. The van der Waals surface area contributed by atoms with Crippen LogP contribution in [-0.2, 0) is 22.7 Å². The summed E-state index contributed by atoms with van der Waals surface area (Å²) >= 11 is 12.5. The van der Waals surface area contributed by atoms with Crippen molar-refractivity contribution in [3.8, 4) is 12.3 Å². The molecule has 2 aromatic carbocycles. The Morgan fingerprint density at radius 2 is 1.92 bits per heavy atom. The topological polar surface area (TPSA) is 76.2 Å². The smallest absolute Gasteiger partial charge is 0.333 e. The summed E-state index contributed by atoms with van der Waals surface area (Å²) < 4.78 is 0. The molecule has 2 atom stereocenters. The lowest BCUT2D eigenvalue weighted by Gasteiger charge is -2.55. The van der Waals surface area contributed by atoms with Gasteiger partial charge in [0.05, 0.1) is 19.6 Å². The van der Waals surface area contributed by atoms with E-state index in [2.05, 4.69) is 11.2 Å². The lowest BCUT2D eigenvalue weighted by molar-refractivity contribution is -0.189. The van der Waals surface area contributed by atoms with Crippen molar-refractivity contribution >= 4 is 41.0 Å². The summed E-state index contributed by atoms with van der Waals surface area (Å²) in [4.78, 5) is 43.6. The molecule has 2 aliphatic heterocycles. The summed E-state index contributed by atoms with van der Waals surface area (Å²) in [5.41, 5.74) is 1.66. The molecule has 8 nitrogen and oxygen atoms in total. The van der Waals surface area contributed by atoms with Crippen molar-refractivity contribution in [3.05, 3.63) is 69.7 Å². The molecule has 0 aliphatic carbocycles. The van der Waals surface area contributed by atoms with Crippen molar-refractivity contribution < 1.29 is 14.4 Å². The molecular weight excluding hydrogens is 513 g/mol. The van der Waals surface area contributed by atoms with E-state index in [0.29, 0.717) is 29.4 Å². The molecule has 2 saturated heterocycles. The molecule has 2 fully saturated rings. The molecule has 2 aromatic rings. The predicted molar refractivity (Wildman–Crippen MR) is 142 cm³/mol. The Hall–Kier alpha value is -3.25.